The Hall–Kier alpha value is -2.61. The lowest BCUT2D eigenvalue weighted by atomic mass is 10.2. The highest BCUT2D eigenvalue weighted by Crippen LogP contribution is 2.09. The largest absolute Gasteiger partial charge is 0.344 e. The van der Waals surface area contributed by atoms with Crippen LogP contribution in [0.3, 0.4) is 0 Å². The average Bonchev–Trinajstić information content (AvgIpc) is 2.41. The predicted octanol–water partition coefficient (Wildman–Crippen LogP) is 0.454. The zero-order chi connectivity index (χ0) is 13.8. The molecule has 2 rings (SSSR count). The van der Waals surface area contributed by atoms with Crippen LogP contribution in [0.4, 0.5) is 0 Å². The highest BCUT2D eigenvalue weighted by Gasteiger charge is 2.10. The van der Waals surface area contributed by atoms with E-state index < -0.39 is 0 Å². The van der Waals surface area contributed by atoms with E-state index in [9.17, 15) is 9.59 Å². The SMILES string of the molecule is C#CCNC(=O)Cn1c(=O)c(C)nc2ccccc21. The van der Waals surface area contributed by atoms with Crippen LogP contribution in [0.15, 0.2) is 29.1 Å². The smallest absolute Gasteiger partial charge is 0.272 e. The fourth-order valence-corrected chi connectivity index (χ4v) is 1.83. The second kappa shape index (κ2) is 5.36. The van der Waals surface area contributed by atoms with Gasteiger partial charge in [-0.15, -0.1) is 6.42 Å². The van der Waals surface area contributed by atoms with E-state index in [4.69, 9.17) is 6.42 Å². The molecule has 0 unspecified atom stereocenters. The topological polar surface area (TPSA) is 64.0 Å². The van der Waals surface area contributed by atoms with Crippen LogP contribution in [-0.4, -0.2) is 22.0 Å². The van der Waals surface area contributed by atoms with E-state index in [1.165, 1.54) is 4.57 Å². The Bertz CT molecular complexity index is 726. The highest BCUT2D eigenvalue weighted by atomic mass is 16.2. The normalized spacial score (nSPS) is 10.1. The second-order valence-electron chi connectivity index (χ2n) is 4.06. The number of para-hydroxylation sites is 2. The number of aromatic nitrogens is 2. The first kappa shape index (κ1) is 12.8. The van der Waals surface area contributed by atoms with Gasteiger partial charge in [0, 0.05) is 0 Å². The van der Waals surface area contributed by atoms with E-state index in [0.717, 1.165) is 0 Å². The highest BCUT2D eigenvalue weighted by molar-refractivity contribution is 5.80. The lowest BCUT2D eigenvalue weighted by molar-refractivity contribution is -0.121. The number of benzene rings is 1. The maximum absolute atomic E-state index is 12.1. The van der Waals surface area contributed by atoms with Gasteiger partial charge in [-0.05, 0) is 19.1 Å². The minimum atomic E-state index is -0.296. The molecule has 1 aromatic carbocycles. The molecule has 0 fully saturated rings. The summed E-state index contributed by atoms with van der Waals surface area (Å²) in [6.07, 6.45) is 5.07. The summed E-state index contributed by atoms with van der Waals surface area (Å²) in [5.41, 5.74) is 1.41. The number of nitrogens with one attached hydrogen (secondary N) is 1. The molecular formula is C14H13N3O2. The summed E-state index contributed by atoms with van der Waals surface area (Å²) < 4.78 is 1.41. The molecule has 0 aliphatic rings. The Morgan fingerprint density at radius 2 is 2.21 bits per heavy atom. The molecule has 0 aliphatic carbocycles. The number of fused-ring (bicyclic) bond motifs is 1. The second-order valence-corrected chi connectivity index (χ2v) is 4.06. The minimum absolute atomic E-state index is 0.0651. The summed E-state index contributed by atoms with van der Waals surface area (Å²) in [4.78, 5) is 28.0. The Labute approximate surface area is 110 Å². The first-order valence-corrected chi connectivity index (χ1v) is 5.80. The standard InChI is InChI=1S/C14H13N3O2/c1-3-8-15-13(18)9-17-12-7-5-4-6-11(12)16-10(2)14(17)19/h1,4-7H,8-9H2,2H3,(H,15,18). The molecule has 5 heteroatoms. The first-order valence-electron chi connectivity index (χ1n) is 5.80. The predicted molar refractivity (Wildman–Crippen MR) is 72.6 cm³/mol. The molecule has 2 aromatic rings. The summed E-state index contributed by atoms with van der Waals surface area (Å²) >= 11 is 0. The Balaban J connectivity index is 2.47. The Kier molecular flexibility index (Phi) is 3.62. The average molecular weight is 255 g/mol. The van der Waals surface area contributed by atoms with Crippen LogP contribution in [0.2, 0.25) is 0 Å². The quantitative estimate of drug-likeness (QED) is 0.810. The van der Waals surface area contributed by atoms with Gasteiger partial charge in [-0.25, -0.2) is 4.98 Å². The van der Waals surface area contributed by atoms with E-state index in [1.54, 1.807) is 25.1 Å². The Morgan fingerprint density at radius 1 is 1.47 bits per heavy atom. The van der Waals surface area contributed by atoms with Crippen molar-refractivity contribution in [3.63, 3.8) is 0 Å². The van der Waals surface area contributed by atoms with E-state index in [2.05, 4.69) is 16.2 Å². The molecular weight excluding hydrogens is 242 g/mol. The van der Waals surface area contributed by atoms with Gasteiger partial charge in [0.25, 0.3) is 5.56 Å². The molecule has 1 amide bonds. The van der Waals surface area contributed by atoms with Crippen molar-refractivity contribution in [1.82, 2.24) is 14.9 Å². The van der Waals surface area contributed by atoms with Crippen molar-refractivity contribution in [3.05, 3.63) is 40.3 Å². The van der Waals surface area contributed by atoms with E-state index in [1.807, 2.05) is 6.07 Å². The zero-order valence-electron chi connectivity index (χ0n) is 10.5. The number of hydrogen-bond acceptors (Lipinski definition) is 3. The van der Waals surface area contributed by atoms with Gasteiger partial charge in [0.15, 0.2) is 0 Å². The molecule has 96 valence electrons. The minimum Gasteiger partial charge on any atom is -0.344 e. The lowest BCUT2D eigenvalue weighted by Gasteiger charge is -2.10. The molecule has 1 aromatic heterocycles. The number of amides is 1. The first-order chi connectivity index (χ1) is 9.13. The van der Waals surface area contributed by atoms with Gasteiger partial charge in [-0.2, -0.15) is 0 Å². The van der Waals surface area contributed by atoms with Crippen molar-refractivity contribution < 1.29 is 4.79 Å². The van der Waals surface area contributed by atoms with Gasteiger partial charge in [0.05, 0.1) is 17.6 Å². The van der Waals surface area contributed by atoms with Crippen molar-refractivity contribution in [2.75, 3.05) is 6.54 Å². The third-order valence-electron chi connectivity index (χ3n) is 2.70. The number of hydrogen-bond donors (Lipinski definition) is 1. The van der Waals surface area contributed by atoms with Crippen molar-refractivity contribution in [3.8, 4) is 12.3 Å². The van der Waals surface area contributed by atoms with E-state index >= 15 is 0 Å². The number of nitrogens with zero attached hydrogens (tertiary/aromatic N) is 2. The fraction of sp³-hybridized carbons (Fsp3) is 0.214. The van der Waals surface area contributed by atoms with Gasteiger partial charge in [-0.1, -0.05) is 18.1 Å². The maximum atomic E-state index is 12.1. The molecule has 0 saturated heterocycles. The van der Waals surface area contributed by atoms with E-state index in [0.29, 0.717) is 16.7 Å². The van der Waals surface area contributed by atoms with Crippen LogP contribution < -0.4 is 10.9 Å². The molecule has 0 radical (unpaired) electrons. The van der Waals surface area contributed by atoms with Gasteiger partial charge in [0.1, 0.15) is 12.2 Å². The van der Waals surface area contributed by atoms with E-state index in [-0.39, 0.29) is 24.6 Å². The Morgan fingerprint density at radius 3 is 2.95 bits per heavy atom. The molecule has 19 heavy (non-hydrogen) atoms. The van der Waals surface area contributed by atoms with Crippen LogP contribution in [0.25, 0.3) is 11.0 Å². The van der Waals surface area contributed by atoms with Crippen molar-refractivity contribution >= 4 is 16.9 Å². The molecule has 0 bridgehead atoms. The maximum Gasteiger partial charge on any atom is 0.272 e. The van der Waals surface area contributed by atoms with Crippen LogP contribution in [0, 0.1) is 19.3 Å². The van der Waals surface area contributed by atoms with Crippen molar-refractivity contribution in [1.29, 1.82) is 0 Å². The molecule has 0 saturated carbocycles. The van der Waals surface area contributed by atoms with Gasteiger partial charge >= 0.3 is 0 Å². The van der Waals surface area contributed by atoms with Crippen molar-refractivity contribution in [2.45, 2.75) is 13.5 Å². The number of aryl methyl sites for hydroxylation is 1. The third kappa shape index (κ3) is 2.63. The summed E-state index contributed by atoms with van der Waals surface area (Å²) in [6, 6.07) is 7.20. The zero-order valence-corrected chi connectivity index (χ0v) is 10.5. The number of rotatable bonds is 3. The van der Waals surface area contributed by atoms with Crippen LogP contribution in [0.1, 0.15) is 5.69 Å². The lowest BCUT2D eigenvalue weighted by Crippen LogP contribution is -2.33. The summed E-state index contributed by atoms with van der Waals surface area (Å²) in [5.74, 6) is 2.02. The monoisotopic (exact) mass is 255 g/mol. The third-order valence-corrected chi connectivity index (χ3v) is 2.70. The molecule has 0 aliphatic heterocycles. The summed E-state index contributed by atoms with van der Waals surface area (Å²) in [6.45, 7) is 1.71. The van der Waals surface area contributed by atoms with Gasteiger partial charge < -0.3 is 5.32 Å². The van der Waals surface area contributed by atoms with Crippen LogP contribution in [-0.2, 0) is 11.3 Å². The summed E-state index contributed by atoms with van der Waals surface area (Å²) in [7, 11) is 0. The molecule has 0 spiro atoms. The van der Waals surface area contributed by atoms with Gasteiger partial charge in [0.2, 0.25) is 5.91 Å². The molecule has 0 atom stereocenters. The molecule has 1 N–H and O–H groups in total. The van der Waals surface area contributed by atoms with Crippen LogP contribution >= 0.6 is 0 Å². The van der Waals surface area contributed by atoms with Crippen LogP contribution in [0.5, 0.6) is 0 Å². The molecule has 1 heterocycles. The number of terminal acetylenes is 1. The fourth-order valence-electron chi connectivity index (χ4n) is 1.83. The van der Waals surface area contributed by atoms with Gasteiger partial charge in [-0.3, -0.25) is 14.2 Å². The molecule has 5 nitrogen and oxygen atoms in total. The number of carbonyl (C=O) groups is 1. The summed E-state index contributed by atoms with van der Waals surface area (Å²) in [5, 5.41) is 2.54. The number of carbonyl (C=O) groups excluding carboxylic acids is 1. The van der Waals surface area contributed by atoms with Crippen molar-refractivity contribution in [2.24, 2.45) is 0 Å².